The van der Waals surface area contributed by atoms with Crippen LogP contribution in [0.1, 0.15) is 36.7 Å². The lowest BCUT2D eigenvalue weighted by Crippen LogP contribution is -1.94. The lowest BCUT2D eigenvalue weighted by molar-refractivity contribution is 0.101. The average molecular weight is 325 g/mol. The minimum atomic E-state index is -0.223. The first kappa shape index (κ1) is 17.5. The third-order valence-electron chi connectivity index (χ3n) is 2.88. The van der Waals surface area contributed by atoms with Crippen molar-refractivity contribution in [3.05, 3.63) is 51.5 Å². The van der Waals surface area contributed by atoms with Gasteiger partial charge in [0, 0.05) is 16.1 Å². The molecule has 0 aromatic heterocycles. The van der Waals surface area contributed by atoms with E-state index in [0.29, 0.717) is 15.6 Å². The molecule has 0 aliphatic heterocycles. The summed E-state index contributed by atoms with van der Waals surface area (Å²) in [7, 11) is 0. The van der Waals surface area contributed by atoms with Crippen LogP contribution in [0.15, 0.2) is 30.3 Å². The van der Waals surface area contributed by atoms with Crippen molar-refractivity contribution in [3.8, 4) is 16.9 Å². The van der Waals surface area contributed by atoms with E-state index in [9.17, 15) is 9.90 Å². The Balaban J connectivity index is 0.00000106. The Hall–Kier alpha value is -1.51. The summed E-state index contributed by atoms with van der Waals surface area (Å²) < 4.78 is 0. The molecule has 0 aliphatic rings. The Labute approximate surface area is 135 Å². The number of ketones is 1. The number of hydrogen-bond acceptors (Lipinski definition) is 2. The number of aromatic hydroxyl groups is 1. The fourth-order valence-corrected chi connectivity index (χ4v) is 2.38. The standard InChI is InChI=1S/C15H12Cl2O2.C2H6/c1-8-3-4-13(16)11(5-8)12-6-10(9(2)18)15(19)7-14(12)17;1-2/h3-7,19H,1-2H3;1-2H3. The van der Waals surface area contributed by atoms with Crippen molar-refractivity contribution in [2.75, 3.05) is 0 Å². The maximum Gasteiger partial charge on any atom is 0.163 e. The first-order valence-corrected chi connectivity index (χ1v) is 7.45. The highest BCUT2D eigenvalue weighted by molar-refractivity contribution is 6.36. The van der Waals surface area contributed by atoms with Crippen LogP contribution in [0, 0.1) is 6.92 Å². The van der Waals surface area contributed by atoms with Gasteiger partial charge < -0.3 is 5.11 Å². The summed E-state index contributed by atoms with van der Waals surface area (Å²) in [5.74, 6) is -0.343. The van der Waals surface area contributed by atoms with E-state index >= 15 is 0 Å². The normalized spacial score (nSPS) is 9.81. The fraction of sp³-hybridized carbons (Fsp3) is 0.235. The van der Waals surface area contributed by atoms with E-state index in [1.54, 1.807) is 12.1 Å². The Morgan fingerprint density at radius 1 is 1.00 bits per heavy atom. The van der Waals surface area contributed by atoms with Gasteiger partial charge in [0.2, 0.25) is 0 Å². The Morgan fingerprint density at radius 3 is 2.14 bits per heavy atom. The lowest BCUT2D eigenvalue weighted by Gasteiger charge is -2.11. The van der Waals surface area contributed by atoms with Crippen molar-refractivity contribution in [3.63, 3.8) is 0 Å². The van der Waals surface area contributed by atoms with Crippen LogP contribution < -0.4 is 0 Å². The number of hydrogen-bond donors (Lipinski definition) is 1. The zero-order valence-electron chi connectivity index (χ0n) is 12.5. The molecule has 0 heterocycles. The third kappa shape index (κ3) is 3.99. The van der Waals surface area contributed by atoms with Crippen molar-refractivity contribution in [2.45, 2.75) is 27.7 Å². The first-order valence-electron chi connectivity index (χ1n) is 6.70. The molecule has 2 rings (SSSR count). The highest BCUT2D eigenvalue weighted by Gasteiger charge is 2.14. The number of phenolic OH excluding ortho intramolecular Hbond substituents is 1. The summed E-state index contributed by atoms with van der Waals surface area (Å²) in [5.41, 5.74) is 2.65. The van der Waals surface area contributed by atoms with Gasteiger partial charge in [0.05, 0.1) is 10.6 Å². The second-order valence-electron chi connectivity index (χ2n) is 4.39. The molecule has 2 aromatic carbocycles. The van der Waals surface area contributed by atoms with Gasteiger partial charge in [-0.2, -0.15) is 0 Å². The van der Waals surface area contributed by atoms with Gasteiger partial charge in [-0.25, -0.2) is 0 Å². The molecule has 4 heteroatoms. The van der Waals surface area contributed by atoms with Crippen molar-refractivity contribution < 1.29 is 9.90 Å². The van der Waals surface area contributed by atoms with E-state index in [0.717, 1.165) is 11.1 Å². The zero-order valence-corrected chi connectivity index (χ0v) is 14.0. The summed E-state index contributed by atoms with van der Waals surface area (Å²) in [5, 5.41) is 10.6. The lowest BCUT2D eigenvalue weighted by atomic mass is 9.99. The van der Waals surface area contributed by atoms with E-state index in [1.807, 2.05) is 32.9 Å². The molecule has 0 saturated heterocycles. The molecule has 0 spiro atoms. The quantitative estimate of drug-likeness (QED) is 0.698. The highest BCUT2D eigenvalue weighted by Crippen LogP contribution is 2.37. The largest absolute Gasteiger partial charge is 0.507 e. The van der Waals surface area contributed by atoms with Gasteiger partial charge in [0.25, 0.3) is 0 Å². The topological polar surface area (TPSA) is 37.3 Å². The molecule has 112 valence electrons. The Morgan fingerprint density at radius 2 is 1.57 bits per heavy atom. The molecule has 0 bridgehead atoms. The molecule has 0 radical (unpaired) electrons. The molecule has 21 heavy (non-hydrogen) atoms. The fourth-order valence-electron chi connectivity index (χ4n) is 1.90. The van der Waals surface area contributed by atoms with Crippen LogP contribution >= 0.6 is 23.2 Å². The van der Waals surface area contributed by atoms with E-state index in [2.05, 4.69) is 0 Å². The van der Waals surface area contributed by atoms with Gasteiger partial charge in [-0.3, -0.25) is 4.79 Å². The number of aryl methyl sites for hydroxylation is 1. The average Bonchev–Trinajstić information content (AvgIpc) is 2.44. The zero-order chi connectivity index (χ0) is 16.2. The second kappa shape index (κ2) is 7.48. The molecule has 1 N–H and O–H groups in total. The van der Waals surface area contributed by atoms with Crippen molar-refractivity contribution in [2.24, 2.45) is 0 Å². The van der Waals surface area contributed by atoms with Crippen molar-refractivity contribution in [1.82, 2.24) is 0 Å². The molecular formula is C17H18Cl2O2. The molecule has 2 aromatic rings. The number of benzene rings is 2. The summed E-state index contributed by atoms with van der Waals surface area (Å²) in [6.45, 7) is 7.34. The molecule has 0 atom stereocenters. The molecule has 0 aliphatic carbocycles. The highest BCUT2D eigenvalue weighted by atomic mass is 35.5. The summed E-state index contributed by atoms with van der Waals surface area (Å²) >= 11 is 12.3. The van der Waals surface area contributed by atoms with Gasteiger partial charge in [-0.05, 0) is 38.1 Å². The predicted molar refractivity (Wildman–Crippen MR) is 89.7 cm³/mol. The molecular weight excluding hydrogens is 307 g/mol. The molecule has 0 fully saturated rings. The number of rotatable bonds is 2. The van der Waals surface area contributed by atoms with Crippen LogP contribution in [-0.4, -0.2) is 10.9 Å². The first-order chi connectivity index (χ1) is 9.90. The third-order valence-corrected chi connectivity index (χ3v) is 3.52. The Kier molecular flexibility index (Phi) is 6.25. The van der Waals surface area contributed by atoms with Crippen LogP contribution in [0.25, 0.3) is 11.1 Å². The number of halogens is 2. The minimum Gasteiger partial charge on any atom is -0.507 e. The van der Waals surface area contributed by atoms with Gasteiger partial charge in [0.1, 0.15) is 5.75 Å². The van der Waals surface area contributed by atoms with Gasteiger partial charge in [0.15, 0.2) is 5.78 Å². The summed E-state index contributed by atoms with van der Waals surface area (Å²) in [4.78, 5) is 11.5. The van der Waals surface area contributed by atoms with Gasteiger partial charge in [-0.15, -0.1) is 0 Å². The van der Waals surface area contributed by atoms with Crippen molar-refractivity contribution in [1.29, 1.82) is 0 Å². The second-order valence-corrected chi connectivity index (χ2v) is 5.20. The van der Waals surface area contributed by atoms with Crippen LogP contribution in [0.3, 0.4) is 0 Å². The van der Waals surface area contributed by atoms with Gasteiger partial charge in [-0.1, -0.05) is 48.7 Å². The monoisotopic (exact) mass is 324 g/mol. The smallest absolute Gasteiger partial charge is 0.163 e. The van der Waals surface area contributed by atoms with E-state index in [-0.39, 0.29) is 17.1 Å². The molecule has 0 unspecified atom stereocenters. The Bertz CT molecular complexity index is 664. The van der Waals surface area contributed by atoms with E-state index < -0.39 is 0 Å². The number of carbonyl (C=O) groups is 1. The van der Waals surface area contributed by atoms with Crippen LogP contribution in [-0.2, 0) is 0 Å². The minimum absolute atomic E-state index is 0.120. The molecule has 0 saturated carbocycles. The van der Waals surface area contributed by atoms with Crippen LogP contribution in [0.4, 0.5) is 0 Å². The summed E-state index contributed by atoms with van der Waals surface area (Å²) in [6, 6.07) is 8.51. The summed E-state index contributed by atoms with van der Waals surface area (Å²) in [6.07, 6.45) is 0. The van der Waals surface area contributed by atoms with Gasteiger partial charge >= 0.3 is 0 Å². The molecule has 2 nitrogen and oxygen atoms in total. The maximum absolute atomic E-state index is 11.5. The number of Topliss-reactive ketones (excluding diaryl/α,β-unsaturated/α-hetero) is 1. The van der Waals surface area contributed by atoms with Crippen LogP contribution in [0.2, 0.25) is 10.0 Å². The van der Waals surface area contributed by atoms with Crippen LogP contribution in [0.5, 0.6) is 5.75 Å². The number of carbonyl (C=O) groups excluding carboxylic acids is 1. The predicted octanol–water partition coefficient (Wildman–Crippen LogP) is 5.90. The van der Waals surface area contributed by atoms with Crippen molar-refractivity contribution >= 4 is 29.0 Å². The SMILES string of the molecule is CC.CC(=O)c1cc(-c2cc(C)ccc2Cl)c(Cl)cc1O. The van der Waals surface area contributed by atoms with E-state index in [1.165, 1.54) is 13.0 Å². The number of phenols is 1. The van der Waals surface area contributed by atoms with E-state index in [4.69, 9.17) is 23.2 Å². The maximum atomic E-state index is 11.5. The molecule has 0 amide bonds.